The van der Waals surface area contributed by atoms with Gasteiger partial charge in [0.05, 0.1) is 16.5 Å². The molecular weight excluding hydrogens is 198 g/mol. The van der Waals surface area contributed by atoms with Gasteiger partial charge in [-0.05, 0) is 36.5 Å². The van der Waals surface area contributed by atoms with Crippen molar-refractivity contribution in [1.29, 1.82) is 0 Å². The number of benzene rings is 1. The molecule has 1 amide bonds. The summed E-state index contributed by atoms with van der Waals surface area (Å²) in [4.78, 5) is 14.4. The highest BCUT2D eigenvalue weighted by molar-refractivity contribution is 7.78. The van der Waals surface area contributed by atoms with E-state index in [-0.39, 0.29) is 5.91 Å². The Labute approximate surface area is 87.0 Å². The molecule has 0 radical (unpaired) electrons. The van der Waals surface area contributed by atoms with E-state index in [1.165, 1.54) is 6.92 Å². The molecule has 0 aliphatic rings. The molecule has 2 N–H and O–H groups in total. The zero-order chi connectivity index (χ0) is 10.4. The van der Waals surface area contributed by atoms with Crippen LogP contribution in [0.5, 0.6) is 0 Å². The number of carbonyl (C=O) groups excluding carboxylic acids is 1. The van der Waals surface area contributed by atoms with Crippen molar-refractivity contribution >= 4 is 34.7 Å². The highest BCUT2D eigenvalue weighted by atomic mass is 32.1. The SMILES string of the molecule is CC(=O)NNc1ccc(N=C=S)cc1. The average Bonchev–Trinajstić information content (AvgIpc) is 2.17. The summed E-state index contributed by atoms with van der Waals surface area (Å²) in [6.45, 7) is 1.43. The number of amides is 1. The maximum atomic E-state index is 10.6. The number of isothiocyanates is 1. The smallest absolute Gasteiger partial charge is 0.235 e. The minimum absolute atomic E-state index is 0.147. The van der Waals surface area contributed by atoms with E-state index in [0.29, 0.717) is 0 Å². The second-order valence-electron chi connectivity index (χ2n) is 2.56. The summed E-state index contributed by atoms with van der Waals surface area (Å²) in [6, 6.07) is 7.09. The fraction of sp³-hybridized carbons (Fsp3) is 0.111. The summed E-state index contributed by atoms with van der Waals surface area (Å²) >= 11 is 4.46. The third-order valence-corrected chi connectivity index (χ3v) is 1.52. The van der Waals surface area contributed by atoms with Crippen molar-refractivity contribution in [1.82, 2.24) is 5.43 Å². The molecule has 72 valence electrons. The van der Waals surface area contributed by atoms with Gasteiger partial charge in [-0.1, -0.05) is 0 Å². The summed E-state index contributed by atoms with van der Waals surface area (Å²) in [7, 11) is 0. The van der Waals surface area contributed by atoms with Gasteiger partial charge in [0.1, 0.15) is 0 Å². The molecule has 0 spiro atoms. The van der Waals surface area contributed by atoms with Crippen molar-refractivity contribution < 1.29 is 4.79 Å². The van der Waals surface area contributed by atoms with Crippen molar-refractivity contribution in [3.8, 4) is 0 Å². The minimum atomic E-state index is -0.147. The van der Waals surface area contributed by atoms with Crippen LogP contribution in [0.1, 0.15) is 6.92 Å². The molecule has 0 aliphatic heterocycles. The largest absolute Gasteiger partial charge is 0.299 e. The highest BCUT2D eigenvalue weighted by Gasteiger charge is 1.92. The van der Waals surface area contributed by atoms with Gasteiger partial charge in [0.25, 0.3) is 0 Å². The number of hydrogen-bond donors (Lipinski definition) is 2. The predicted molar refractivity (Wildman–Crippen MR) is 58.6 cm³/mol. The summed E-state index contributed by atoms with van der Waals surface area (Å²) < 4.78 is 0. The molecule has 1 aromatic rings. The van der Waals surface area contributed by atoms with Crippen LogP contribution in [0.25, 0.3) is 0 Å². The van der Waals surface area contributed by atoms with Crippen LogP contribution in [0.4, 0.5) is 11.4 Å². The maximum absolute atomic E-state index is 10.6. The molecule has 0 bridgehead atoms. The second kappa shape index (κ2) is 5.11. The number of thiocarbonyl (C=S) groups is 1. The van der Waals surface area contributed by atoms with Gasteiger partial charge in [-0.2, -0.15) is 4.99 Å². The Morgan fingerprint density at radius 3 is 2.57 bits per heavy atom. The Hall–Kier alpha value is -1.71. The lowest BCUT2D eigenvalue weighted by Gasteiger charge is -2.05. The van der Waals surface area contributed by atoms with Gasteiger partial charge in [-0.3, -0.25) is 15.6 Å². The molecule has 0 saturated carbocycles. The Balaban J connectivity index is 2.63. The molecule has 4 nitrogen and oxygen atoms in total. The van der Waals surface area contributed by atoms with Crippen LogP contribution in [-0.2, 0) is 4.79 Å². The second-order valence-corrected chi connectivity index (χ2v) is 2.74. The summed E-state index contributed by atoms with van der Waals surface area (Å²) in [6.07, 6.45) is 0. The summed E-state index contributed by atoms with van der Waals surface area (Å²) in [5.74, 6) is -0.147. The number of hydrogen-bond acceptors (Lipinski definition) is 4. The quantitative estimate of drug-likeness (QED) is 0.452. The van der Waals surface area contributed by atoms with Gasteiger partial charge in [0.2, 0.25) is 5.91 Å². The standard InChI is InChI=1S/C9H9N3OS/c1-7(13)11-12-9-4-2-8(3-5-9)10-6-14/h2-5,12H,1H3,(H,11,13). The van der Waals surface area contributed by atoms with Gasteiger partial charge in [0.15, 0.2) is 0 Å². The first kappa shape index (κ1) is 10.4. The third kappa shape index (κ3) is 3.35. The van der Waals surface area contributed by atoms with Gasteiger partial charge in [-0.15, -0.1) is 0 Å². The molecule has 0 saturated heterocycles. The third-order valence-electron chi connectivity index (χ3n) is 1.42. The van der Waals surface area contributed by atoms with Crippen LogP contribution in [-0.4, -0.2) is 11.1 Å². The molecular formula is C9H9N3OS. The average molecular weight is 207 g/mol. The molecule has 0 heterocycles. The van der Waals surface area contributed by atoms with E-state index in [1.54, 1.807) is 24.3 Å². The lowest BCUT2D eigenvalue weighted by Crippen LogP contribution is -2.26. The van der Waals surface area contributed by atoms with Gasteiger partial charge in [-0.25, -0.2) is 0 Å². The van der Waals surface area contributed by atoms with E-state index in [2.05, 4.69) is 33.2 Å². The first-order valence-corrected chi connectivity index (χ1v) is 4.34. The number of aliphatic imine (C=N–C) groups is 1. The van der Waals surface area contributed by atoms with E-state index in [0.717, 1.165) is 11.4 Å². The Kier molecular flexibility index (Phi) is 3.79. The van der Waals surface area contributed by atoms with Crippen LogP contribution < -0.4 is 10.9 Å². The Bertz CT molecular complexity index is 368. The van der Waals surface area contributed by atoms with Crippen molar-refractivity contribution in [2.75, 3.05) is 5.43 Å². The Morgan fingerprint density at radius 1 is 1.43 bits per heavy atom. The molecule has 0 fully saturated rings. The highest BCUT2D eigenvalue weighted by Crippen LogP contribution is 2.14. The molecule has 14 heavy (non-hydrogen) atoms. The van der Waals surface area contributed by atoms with E-state index in [1.807, 2.05) is 0 Å². The summed E-state index contributed by atoms with van der Waals surface area (Å²) in [5, 5.41) is 2.27. The van der Waals surface area contributed by atoms with E-state index >= 15 is 0 Å². The van der Waals surface area contributed by atoms with E-state index in [4.69, 9.17) is 0 Å². The van der Waals surface area contributed by atoms with E-state index < -0.39 is 0 Å². The number of carbonyl (C=O) groups is 1. The van der Waals surface area contributed by atoms with Gasteiger partial charge >= 0.3 is 0 Å². The van der Waals surface area contributed by atoms with Crippen molar-refractivity contribution in [3.63, 3.8) is 0 Å². The molecule has 0 aromatic heterocycles. The topological polar surface area (TPSA) is 53.5 Å². The number of rotatable bonds is 3. The molecule has 0 atom stereocenters. The fourth-order valence-electron chi connectivity index (χ4n) is 0.832. The number of nitrogens with one attached hydrogen (secondary N) is 2. The molecule has 1 aromatic carbocycles. The van der Waals surface area contributed by atoms with Crippen molar-refractivity contribution in [2.45, 2.75) is 6.92 Å². The van der Waals surface area contributed by atoms with Crippen LogP contribution >= 0.6 is 12.2 Å². The monoisotopic (exact) mass is 207 g/mol. The van der Waals surface area contributed by atoms with Crippen LogP contribution in [0.2, 0.25) is 0 Å². The number of nitrogens with zero attached hydrogens (tertiary/aromatic N) is 1. The van der Waals surface area contributed by atoms with Crippen LogP contribution in [0.15, 0.2) is 29.3 Å². The molecule has 0 unspecified atom stereocenters. The number of anilines is 1. The molecule has 5 heteroatoms. The van der Waals surface area contributed by atoms with Crippen molar-refractivity contribution in [2.24, 2.45) is 4.99 Å². The van der Waals surface area contributed by atoms with Crippen molar-refractivity contribution in [3.05, 3.63) is 24.3 Å². The zero-order valence-corrected chi connectivity index (χ0v) is 8.39. The first-order chi connectivity index (χ1) is 6.72. The predicted octanol–water partition coefficient (Wildman–Crippen LogP) is 1.88. The van der Waals surface area contributed by atoms with Crippen LogP contribution in [0, 0.1) is 0 Å². The molecule has 0 aliphatic carbocycles. The lowest BCUT2D eigenvalue weighted by molar-refractivity contribution is -0.118. The maximum Gasteiger partial charge on any atom is 0.235 e. The minimum Gasteiger partial charge on any atom is -0.299 e. The van der Waals surface area contributed by atoms with E-state index in [9.17, 15) is 4.79 Å². The summed E-state index contributed by atoms with van der Waals surface area (Å²) in [5.41, 5.74) is 6.69. The zero-order valence-electron chi connectivity index (χ0n) is 7.57. The normalized spacial score (nSPS) is 8.64. The lowest BCUT2D eigenvalue weighted by atomic mass is 10.3. The van der Waals surface area contributed by atoms with Gasteiger partial charge < -0.3 is 0 Å². The molecule has 1 rings (SSSR count). The van der Waals surface area contributed by atoms with Crippen LogP contribution in [0.3, 0.4) is 0 Å². The van der Waals surface area contributed by atoms with Gasteiger partial charge in [0, 0.05) is 6.92 Å². The number of hydrazine groups is 1. The fourth-order valence-corrected chi connectivity index (χ4v) is 0.938. The first-order valence-electron chi connectivity index (χ1n) is 3.93. The Morgan fingerprint density at radius 2 is 2.07 bits per heavy atom.